The first kappa shape index (κ1) is 42.4. The summed E-state index contributed by atoms with van der Waals surface area (Å²) < 4.78 is 0. The highest BCUT2D eigenvalue weighted by atomic mass is 32.1. The number of rotatable bonds is 14. The fourth-order valence-electron chi connectivity index (χ4n) is 9.03. The zero-order chi connectivity index (χ0) is 41.5. The van der Waals surface area contributed by atoms with Gasteiger partial charge in [0.1, 0.15) is 0 Å². The molecule has 2 aliphatic rings. The monoisotopic (exact) mass is 793 g/mol. The molecule has 8 heteroatoms. The van der Waals surface area contributed by atoms with Crippen molar-refractivity contribution < 1.29 is 4.92 Å². The number of hydrogen-bond donors (Lipinski definition) is 2. The summed E-state index contributed by atoms with van der Waals surface area (Å²) >= 11 is 1.14. The first-order chi connectivity index (χ1) is 28.2. The van der Waals surface area contributed by atoms with Crippen LogP contribution in [-0.4, -0.2) is 24.9 Å². The molecule has 302 valence electrons. The lowest BCUT2D eigenvalue weighted by atomic mass is 9.94. The Bertz CT molecular complexity index is 2460. The summed E-state index contributed by atoms with van der Waals surface area (Å²) in [5.74, 6) is 13.1. The number of H-pyrrole nitrogens is 2. The highest BCUT2D eigenvalue weighted by Gasteiger charge is 2.27. The number of nitro groups is 1. The number of thiophene rings is 1. The molecule has 7 nitrogen and oxygen atoms in total. The van der Waals surface area contributed by atoms with E-state index in [0.717, 1.165) is 156 Å². The normalized spacial score (nSPS) is 12.5. The SMILES string of the molecule is CCCCCCc1cc([N+](=O)[O-])sc1C#CC#Cc1c2nc(cc3[nH]c(cc4[nH]c(cc5nc1C(CC)=C5CC)c(CC)c4CC)c(CC)c3CC)C(CC)=C2CC. The van der Waals surface area contributed by atoms with Gasteiger partial charge in [0.15, 0.2) is 0 Å². The predicted octanol–water partition coefficient (Wildman–Crippen LogP) is 13.5. The third-order valence-corrected chi connectivity index (χ3v) is 12.8. The molecule has 2 aliphatic heterocycles. The molecule has 4 aromatic rings. The van der Waals surface area contributed by atoms with Crippen molar-refractivity contribution in [3.63, 3.8) is 0 Å². The fraction of sp³-hybridized carbons (Fsp3) is 0.440. The molecule has 0 saturated heterocycles. The Labute approximate surface area is 349 Å². The van der Waals surface area contributed by atoms with Crippen LogP contribution in [0.4, 0.5) is 5.00 Å². The van der Waals surface area contributed by atoms with E-state index in [0.29, 0.717) is 0 Å². The van der Waals surface area contributed by atoms with E-state index in [4.69, 9.17) is 9.97 Å². The van der Waals surface area contributed by atoms with Gasteiger partial charge in [-0.25, -0.2) is 9.97 Å². The van der Waals surface area contributed by atoms with Crippen LogP contribution in [0, 0.1) is 33.8 Å². The number of hydrogen-bond acceptors (Lipinski definition) is 5. The second-order valence-corrected chi connectivity index (χ2v) is 16.1. The Morgan fingerprint density at radius 3 is 1.48 bits per heavy atom. The van der Waals surface area contributed by atoms with Gasteiger partial charge in [-0.15, -0.1) is 0 Å². The molecule has 2 N–H and O–H groups in total. The van der Waals surface area contributed by atoms with E-state index in [2.05, 4.69) is 114 Å². The number of nitrogens with zero attached hydrogens (tertiary/aromatic N) is 3. The lowest BCUT2D eigenvalue weighted by Gasteiger charge is -2.08. The summed E-state index contributed by atoms with van der Waals surface area (Å²) in [7, 11) is 0. The Balaban J connectivity index is 1.73. The maximum absolute atomic E-state index is 11.8. The van der Waals surface area contributed by atoms with E-state index < -0.39 is 0 Å². The summed E-state index contributed by atoms with van der Waals surface area (Å²) in [6, 6.07) is 8.54. The van der Waals surface area contributed by atoms with Crippen LogP contribution in [0.2, 0.25) is 0 Å². The molecule has 0 amide bonds. The molecule has 6 rings (SSSR count). The van der Waals surface area contributed by atoms with Gasteiger partial charge in [0.2, 0.25) is 0 Å². The summed E-state index contributed by atoms with van der Waals surface area (Å²) in [4.78, 5) is 30.9. The zero-order valence-electron chi connectivity index (χ0n) is 36.1. The molecule has 0 aliphatic carbocycles. The topological polar surface area (TPSA) is 100 Å². The van der Waals surface area contributed by atoms with Crippen LogP contribution in [-0.2, 0) is 32.1 Å². The smallest absolute Gasteiger partial charge is 0.325 e. The first-order valence-corrected chi connectivity index (χ1v) is 22.6. The number of aryl methyl sites for hydroxylation is 5. The van der Waals surface area contributed by atoms with Crippen LogP contribution < -0.4 is 0 Å². The van der Waals surface area contributed by atoms with Crippen molar-refractivity contribution >= 4 is 60.7 Å². The van der Waals surface area contributed by atoms with Gasteiger partial charge < -0.3 is 9.97 Å². The molecule has 0 atom stereocenters. The molecule has 0 saturated carbocycles. The van der Waals surface area contributed by atoms with Gasteiger partial charge in [-0.05, 0) is 156 Å². The highest BCUT2D eigenvalue weighted by molar-refractivity contribution is 7.16. The van der Waals surface area contributed by atoms with E-state index >= 15 is 0 Å². The van der Waals surface area contributed by atoms with E-state index in [9.17, 15) is 10.1 Å². The minimum atomic E-state index is -0.314. The van der Waals surface area contributed by atoms with Gasteiger partial charge in [0, 0.05) is 28.1 Å². The molecule has 6 heterocycles. The van der Waals surface area contributed by atoms with Crippen LogP contribution in [0.15, 0.2) is 24.3 Å². The second-order valence-electron chi connectivity index (χ2n) is 15.1. The number of allylic oxidation sites excluding steroid dienone is 4. The van der Waals surface area contributed by atoms with Crippen molar-refractivity contribution in [3.05, 3.63) is 95.4 Å². The van der Waals surface area contributed by atoms with Gasteiger partial charge in [-0.1, -0.05) is 92.9 Å². The molecular formula is C50H59N5O2S. The largest absolute Gasteiger partial charge is 0.355 e. The Kier molecular flexibility index (Phi) is 13.9. The standard InChI is InChI=1S/C50H59N5O2S/c1-10-19-20-21-24-31-27-48(55(56)57)58-47(31)26-23-22-25-40-49-38(17-8)36(15-6)45(53-49)29-43-34(13-4)32(11-2)41(51-43)28-42-33(12-3)35(14-5)44(52-42)30-46-37(16-7)39(18-9)50(40)54-46/h27-30,51-52H,10-21,24H2,1-9H3. The number of unbranched alkanes of at least 4 members (excludes halogenated alkanes) is 3. The molecular weight excluding hydrogens is 735 g/mol. The van der Waals surface area contributed by atoms with E-state index in [1.54, 1.807) is 6.07 Å². The summed E-state index contributed by atoms with van der Waals surface area (Å²) in [5, 5.41) is 11.9. The summed E-state index contributed by atoms with van der Waals surface area (Å²) in [6.45, 7) is 20.0. The van der Waals surface area contributed by atoms with Crippen molar-refractivity contribution in [1.29, 1.82) is 0 Å². The van der Waals surface area contributed by atoms with Crippen LogP contribution >= 0.6 is 11.3 Å². The van der Waals surface area contributed by atoms with Crippen LogP contribution in [0.1, 0.15) is 175 Å². The molecule has 4 aromatic heterocycles. The Hall–Kier alpha value is -5.18. The number of aromatic nitrogens is 4. The average Bonchev–Trinajstić information content (AvgIpc) is 4.03. The maximum Gasteiger partial charge on any atom is 0.325 e. The molecule has 0 aromatic carbocycles. The van der Waals surface area contributed by atoms with E-state index in [-0.39, 0.29) is 9.92 Å². The molecule has 0 fully saturated rings. The maximum atomic E-state index is 11.8. The molecule has 8 bridgehead atoms. The second kappa shape index (κ2) is 19.0. The molecule has 58 heavy (non-hydrogen) atoms. The quantitative estimate of drug-likeness (QED) is 0.0574. The van der Waals surface area contributed by atoms with Gasteiger partial charge in [-0.2, -0.15) is 0 Å². The van der Waals surface area contributed by atoms with Crippen LogP contribution in [0.3, 0.4) is 0 Å². The lowest BCUT2D eigenvalue weighted by molar-refractivity contribution is -0.380. The van der Waals surface area contributed by atoms with Crippen LogP contribution in [0.25, 0.3) is 44.4 Å². The van der Waals surface area contributed by atoms with Crippen LogP contribution in [0.5, 0.6) is 0 Å². The number of aromatic amines is 2. The zero-order valence-corrected chi connectivity index (χ0v) is 36.9. The third-order valence-electron chi connectivity index (χ3n) is 11.8. The minimum absolute atomic E-state index is 0.124. The Morgan fingerprint density at radius 2 is 1.05 bits per heavy atom. The first-order valence-electron chi connectivity index (χ1n) is 21.7. The third kappa shape index (κ3) is 8.23. The van der Waals surface area contributed by atoms with Gasteiger partial charge in [-0.3, -0.25) is 10.1 Å². The highest BCUT2D eigenvalue weighted by Crippen LogP contribution is 2.42. The van der Waals surface area contributed by atoms with Crippen molar-refractivity contribution in [2.24, 2.45) is 0 Å². The average molecular weight is 794 g/mol. The molecule has 0 spiro atoms. The molecule has 0 radical (unpaired) electrons. The fourth-order valence-corrected chi connectivity index (χ4v) is 9.91. The predicted molar refractivity (Wildman–Crippen MR) is 246 cm³/mol. The van der Waals surface area contributed by atoms with Crippen molar-refractivity contribution in [2.45, 2.75) is 146 Å². The van der Waals surface area contributed by atoms with Gasteiger partial charge in [0.25, 0.3) is 0 Å². The van der Waals surface area contributed by atoms with E-state index in [1.807, 2.05) is 0 Å². The number of fused-ring (bicyclic) bond motifs is 8. The van der Waals surface area contributed by atoms with Crippen molar-refractivity contribution in [2.75, 3.05) is 0 Å². The molecule has 0 unspecified atom stereocenters. The summed E-state index contributed by atoms with van der Waals surface area (Å²) in [5.41, 5.74) is 20.1. The summed E-state index contributed by atoms with van der Waals surface area (Å²) in [6.07, 6.45) is 12.1. The Morgan fingerprint density at radius 1 is 0.586 bits per heavy atom. The van der Waals surface area contributed by atoms with Gasteiger partial charge >= 0.3 is 5.00 Å². The van der Waals surface area contributed by atoms with Crippen molar-refractivity contribution in [3.8, 4) is 23.7 Å². The minimum Gasteiger partial charge on any atom is -0.355 e. The van der Waals surface area contributed by atoms with Gasteiger partial charge in [0.05, 0.1) is 38.1 Å². The van der Waals surface area contributed by atoms with Crippen molar-refractivity contribution in [1.82, 2.24) is 19.9 Å². The number of nitrogens with one attached hydrogen (secondary N) is 2. The lowest BCUT2D eigenvalue weighted by Crippen LogP contribution is -1.95. The van der Waals surface area contributed by atoms with E-state index in [1.165, 1.54) is 44.5 Å².